The van der Waals surface area contributed by atoms with Gasteiger partial charge < -0.3 is 0 Å². The molecule has 0 amide bonds. The summed E-state index contributed by atoms with van der Waals surface area (Å²) in [5.74, 6) is 2.00. The monoisotopic (exact) mass is 683 g/mol. The number of rotatable bonds is 5. The average molecular weight is 684 g/mol. The lowest BCUT2D eigenvalue weighted by molar-refractivity contribution is 0.660. The zero-order valence-electron chi connectivity index (χ0n) is 28.8. The van der Waals surface area contributed by atoms with E-state index in [1.807, 2.05) is 29.5 Å². The highest BCUT2D eigenvalue weighted by molar-refractivity contribution is 7.26. The van der Waals surface area contributed by atoms with Crippen molar-refractivity contribution in [2.45, 2.75) is 19.3 Å². The van der Waals surface area contributed by atoms with Crippen LogP contribution in [0.15, 0.2) is 164 Å². The summed E-state index contributed by atoms with van der Waals surface area (Å²) in [5.41, 5.74) is 12.7. The van der Waals surface area contributed by atoms with Crippen LogP contribution in [0.5, 0.6) is 0 Å². The van der Waals surface area contributed by atoms with Crippen LogP contribution < -0.4 is 0 Å². The quantitative estimate of drug-likeness (QED) is 0.181. The van der Waals surface area contributed by atoms with Gasteiger partial charge in [-0.1, -0.05) is 159 Å². The molecule has 52 heavy (non-hydrogen) atoms. The van der Waals surface area contributed by atoms with Gasteiger partial charge in [-0.05, 0) is 62.7 Å². The Bertz CT molecular complexity index is 2820. The number of nitrogens with zero attached hydrogens (tertiary/aromatic N) is 3. The molecule has 246 valence electrons. The lowest BCUT2D eigenvalue weighted by Gasteiger charge is -2.21. The van der Waals surface area contributed by atoms with Crippen molar-refractivity contribution >= 4 is 31.5 Å². The lowest BCUT2D eigenvalue weighted by Crippen LogP contribution is -2.14. The van der Waals surface area contributed by atoms with E-state index in [9.17, 15) is 0 Å². The number of hydrogen-bond acceptors (Lipinski definition) is 4. The Morgan fingerprint density at radius 3 is 1.81 bits per heavy atom. The smallest absolute Gasteiger partial charge is 0.164 e. The average Bonchev–Trinajstić information content (AvgIpc) is 3.70. The van der Waals surface area contributed by atoms with E-state index >= 15 is 0 Å². The van der Waals surface area contributed by atoms with Gasteiger partial charge in [-0.2, -0.15) is 0 Å². The Labute approximate surface area is 307 Å². The minimum Gasteiger partial charge on any atom is -0.208 e. The second kappa shape index (κ2) is 11.9. The van der Waals surface area contributed by atoms with Crippen molar-refractivity contribution in [3.8, 4) is 67.5 Å². The molecule has 0 atom stereocenters. The van der Waals surface area contributed by atoms with Gasteiger partial charge in [0.25, 0.3) is 0 Å². The van der Waals surface area contributed by atoms with Crippen LogP contribution in [-0.2, 0) is 5.41 Å². The second-order valence-electron chi connectivity index (χ2n) is 14.0. The maximum Gasteiger partial charge on any atom is 0.164 e. The summed E-state index contributed by atoms with van der Waals surface area (Å²) in [6.45, 7) is 4.61. The molecular formula is C48H33N3S. The van der Waals surface area contributed by atoms with E-state index in [0.717, 1.165) is 22.3 Å². The van der Waals surface area contributed by atoms with E-state index in [1.165, 1.54) is 59.1 Å². The van der Waals surface area contributed by atoms with Gasteiger partial charge in [0.15, 0.2) is 17.5 Å². The molecule has 4 heteroatoms. The predicted octanol–water partition coefficient (Wildman–Crippen LogP) is 12.9. The van der Waals surface area contributed by atoms with Crippen LogP contribution in [0, 0.1) is 0 Å². The third kappa shape index (κ3) is 4.90. The Kier molecular flexibility index (Phi) is 7.02. The van der Waals surface area contributed by atoms with Gasteiger partial charge >= 0.3 is 0 Å². The van der Waals surface area contributed by atoms with E-state index in [2.05, 4.69) is 159 Å². The standard InChI is InChI=1S/C48H33N3S/c1-48(2)39-23-10-9-20-36(39)43-38(22-12-24-40(43)48)47-50-45(31-16-7-4-8-17-31)49-46(51-47)34-19-11-18-32(28-34)33-26-27-37-42(29-33)52-41-25-13-21-35(44(37)41)30-14-5-3-6-15-30/h3-29H,1-2H3. The van der Waals surface area contributed by atoms with Crippen LogP contribution in [0.25, 0.3) is 87.7 Å². The van der Waals surface area contributed by atoms with Crippen LogP contribution in [0.4, 0.5) is 0 Å². The van der Waals surface area contributed by atoms with Gasteiger partial charge in [-0.15, -0.1) is 11.3 Å². The molecule has 1 aliphatic rings. The molecule has 0 bridgehead atoms. The Morgan fingerprint density at radius 1 is 0.404 bits per heavy atom. The van der Waals surface area contributed by atoms with Crippen molar-refractivity contribution in [1.29, 1.82) is 0 Å². The van der Waals surface area contributed by atoms with Gasteiger partial charge in [0.1, 0.15) is 0 Å². The van der Waals surface area contributed by atoms with Crippen molar-refractivity contribution < 1.29 is 0 Å². The molecule has 0 spiro atoms. The summed E-state index contributed by atoms with van der Waals surface area (Å²) >= 11 is 1.85. The molecule has 0 saturated heterocycles. The fourth-order valence-electron chi connectivity index (χ4n) is 7.98. The fourth-order valence-corrected chi connectivity index (χ4v) is 9.16. The first-order chi connectivity index (χ1) is 25.5. The highest BCUT2D eigenvalue weighted by Crippen LogP contribution is 2.51. The summed E-state index contributed by atoms with van der Waals surface area (Å²) in [7, 11) is 0. The highest BCUT2D eigenvalue weighted by Gasteiger charge is 2.37. The summed E-state index contributed by atoms with van der Waals surface area (Å²) in [5, 5.41) is 2.60. The van der Waals surface area contributed by atoms with Crippen LogP contribution in [0.1, 0.15) is 25.0 Å². The minimum atomic E-state index is -0.118. The topological polar surface area (TPSA) is 38.7 Å². The van der Waals surface area contributed by atoms with Crippen molar-refractivity contribution in [2.75, 3.05) is 0 Å². The zero-order valence-corrected chi connectivity index (χ0v) is 29.7. The van der Waals surface area contributed by atoms with Crippen molar-refractivity contribution in [1.82, 2.24) is 15.0 Å². The van der Waals surface area contributed by atoms with Gasteiger partial charge in [0.05, 0.1) is 0 Å². The van der Waals surface area contributed by atoms with Crippen molar-refractivity contribution in [3.63, 3.8) is 0 Å². The maximum atomic E-state index is 5.23. The van der Waals surface area contributed by atoms with Crippen LogP contribution in [-0.4, -0.2) is 15.0 Å². The minimum absolute atomic E-state index is 0.118. The van der Waals surface area contributed by atoms with E-state index in [4.69, 9.17) is 15.0 Å². The molecule has 2 heterocycles. The van der Waals surface area contributed by atoms with Crippen LogP contribution >= 0.6 is 11.3 Å². The molecule has 2 aromatic heterocycles. The number of hydrogen-bond donors (Lipinski definition) is 0. The Balaban J connectivity index is 1.11. The highest BCUT2D eigenvalue weighted by atomic mass is 32.1. The molecule has 0 N–H and O–H groups in total. The Hall–Kier alpha value is -6.23. The zero-order chi connectivity index (χ0) is 34.8. The Morgan fingerprint density at radius 2 is 0.981 bits per heavy atom. The molecule has 0 unspecified atom stereocenters. The van der Waals surface area contributed by atoms with Gasteiger partial charge in [-0.25, -0.2) is 15.0 Å². The molecule has 10 rings (SSSR count). The normalized spacial score (nSPS) is 13.0. The molecule has 3 nitrogen and oxygen atoms in total. The SMILES string of the molecule is CC1(C)c2ccccc2-c2c(-c3nc(-c4ccccc4)nc(-c4cccc(-c5ccc6c(c5)sc5cccc(-c7ccccc7)c56)c4)n3)cccc21. The van der Waals surface area contributed by atoms with Crippen LogP contribution in [0.2, 0.25) is 0 Å². The summed E-state index contributed by atoms with van der Waals surface area (Å²) in [6, 6.07) is 58.3. The molecule has 0 fully saturated rings. The largest absolute Gasteiger partial charge is 0.208 e. The van der Waals surface area contributed by atoms with Gasteiger partial charge in [0, 0.05) is 42.3 Å². The lowest BCUT2D eigenvalue weighted by atomic mass is 9.82. The predicted molar refractivity (Wildman–Crippen MR) is 217 cm³/mol. The number of aromatic nitrogens is 3. The molecule has 0 radical (unpaired) electrons. The number of fused-ring (bicyclic) bond motifs is 6. The molecule has 0 aliphatic heterocycles. The number of benzene rings is 7. The molecular weight excluding hydrogens is 651 g/mol. The van der Waals surface area contributed by atoms with E-state index < -0.39 is 0 Å². The first-order valence-electron chi connectivity index (χ1n) is 17.7. The van der Waals surface area contributed by atoms with Crippen molar-refractivity contribution in [2.24, 2.45) is 0 Å². The third-order valence-corrected chi connectivity index (χ3v) is 11.7. The van der Waals surface area contributed by atoms with Crippen LogP contribution in [0.3, 0.4) is 0 Å². The van der Waals surface area contributed by atoms with E-state index in [0.29, 0.717) is 17.5 Å². The maximum absolute atomic E-state index is 5.23. The van der Waals surface area contributed by atoms with E-state index in [-0.39, 0.29) is 5.41 Å². The van der Waals surface area contributed by atoms with Gasteiger partial charge in [-0.3, -0.25) is 0 Å². The van der Waals surface area contributed by atoms with E-state index in [1.54, 1.807) is 0 Å². The molecule has 1 aliphatic carbocycles. The third-order valence-electron chi connectivity index (χ3n) is 10.6. The van der Waals surface area contributed by atoms with Crippen molar-refractivity contribution in [3.05, 3.63) is 175 Å². The second-order valence-corrected chi connectivity index (χ2v) is 15.1. The number of thiophene rings is 1. The summed E-state index contributed by atoms with van der Waals surface area (Å²) < 4.78 is 2.57. The fraction of sp³-hybridized carbons (Fsp3) is 0.0625. The molecule has 7 aromatic carbocycles. The molecule has 9 aromatic rings. The first kappa shape index (κ1) is 30.6. The molecule has 0 saturated carbocycles. The van der Waals surface area contributed by atoms with Gasteiger partial charge in [0.2, 0.25) is 0 Å². The summed E-state index contributed by atoms with van der Waals surface area (Å²) in [4.78, 5) is 15.5. The summed E-state index contributed by atoms with van der Waals surface area (Å²) in [6.07, 6.45) is 0. The first-order valence-corrected chi connectivity index (χ1v) is 18.5.